The summed E-state index contributed by atoms with van der Waals surface area (Å²) in [6, 6.07) is 4.40. The van der Waals surface area contributed by atoms with Gasteiger partial charge in [0.05, 0.1) is 5.02 Å². The van der Waals surface area contributed by atoms with Crippen LogP contribution in [0.4, 0.5) is 0 Å². The van der Waals surface area contributed by atoms with Gasteiger partial charge in [-0.25, -0.2) is 8.42 Å². The summed E-state index contributed by atoms with van der Waals surface area (Å²) in [5.41, 5.74) is 0. The van der Waals surface area contributed by atoms with Gasteiger partial charge in [-0.05, 0) is 30.0 Å². The maximum Gasteiger partial charge on any atom is 0.255 e. The molecule has 3 nitrogen and oxygen atoms in total. The zero-order valence-electron chi connectivity index (χ0n) is 6.09. The van der Waals surface area contributed by atoms with Crippen LogP contribution < -0.4 is 4.24 Å². The molecule has 0 atom stereocenters. The number of benzene rings is 1. The van der Waals surface area contributed by atoms with Crippen LogP contribution >= 0.6 is 39.3 Å². The van der Waals surface area contributed by atoms with Crippen LogP contribution in [0.1, 0.15) is 0 Å². The average Bonchev–Trinajstić information content (AvgIpc) is 2.03. The predicted molar refractivity (Wildman–Crippen MR) is 55.3 cm³/mol. The molecule has 0 spiro atoms. The highest BCUT2D eigenvalue weighted by Gasteiger charge is 2.16. The van der Waals surface area contributed by atoms with Gasteiger partial charge in [0.25, 0.3) is 10.0 Å². The molecule has 0 aliphatic rings. The van der Waals surface area contributed by atoms with Crippen molar-refractivity contribution < 1.29 is 8.42 Å². The number of rotatable bonds is 2. The zero-order valence-corrected chi connectivity index (χ0v) is 10.0. The van der Waals surface area contributed by atoms with E-state index in [1.54, 1.807) is 10.3 Å². The van der Waals surface area contributed by atoms with Crippen LogP contribution in [0.5, 0.6) is 0 Å². The van der Waals surface area contributed by atoms with Crippen LogP contribution in [0.2, 0.25) is 5.02 Å². The second kappa shape index (κ2) is 4.14. The van der Waals surface area contributed by atoms with Gasteiger partial charge in [0.15, 0.2) is 0 Å². The first-order chi connectivity index (χ1) is 5.97. The Morgan fingerprint density at radius 1 is 1.38 bits per heavy atom. The summed E-state index contributed by atoms with van der Waals surface area (Å²) in [6.45, 7) is 0. The fourth-order valence-corrected chi connectivity index (χ4v) is 2.61. The van der Waals surface area contributed by atoms with Crippen molar-refractivity contribution in [2.75, 3.05) is 0 Å². The number of hydrogen-bond donors (Lipinski definition) is 1. The second-order valence-electron chi connectivity index (χ2n) is 2.16. The van der Waals surface area contributed by atoms with Crippen molar-refractivity contribution in [2.45, 2.75) is 4.90 Å². The van der Waals surface area contributed by atoms with Crippen molar-refractivity contribution in [3.05, 3.63) is 27.7 Å². The largest absolute Gasteiger partial charge is 0.255 e. The number of halogens is 3. The minimum Gasteiger partial charge on any atom is -0.206 e. The fourth-order valence-electron chi connectivity index (χ4n) is 0.735. The van der Waals surface area contributed by atoms with Crippen molar-refractivity contribution in [2.24, 2.45) is 0 Å². The van der Waals surface area contributed by atoms with E-state index in [4.69, 9.17) is 23.4 Å². The van der Waals surface area contributed by atoms with E-state index in [0.29, 0.717) is 4.47 Å². The lowest BCUT2D eigenvalue weighted by molar-refractivity contribution is 0.594. The first kappa shape index (κ1) is 11.3. The second-order valence-corrected chi connectivity index (χ2v) is 5.54. The van der Waals surface area contributed by atoms with Crippen LogP contribution in [0.3, 0.4) is 0 Å². The van der Waals surface area contributed by atoms with E-state index in [2.05, 4.69) is 15.9 Å². The van der Waals surface area contributed by atoms with Crippen molar-refractivity contribution in [3.8, 4) is 0 Å². The Kier molecular flexibility index (Phi) is 3.59. The highest BCUT2D eigenvalue weighted by Crippen LogP contribution is 2.24. The van der Waals surface area contributed by atoms with Gasteiger partial charge in [-0.1, -0.05) is 27.5 Å². The van der Waals surface area contributed by atoms with E-state index in [1.165, 1.54) is 12.1 Å². The summed E-state index contributed by atoms with van der Waals surface area (Å²) in [5.74, 6) is 0. The van der Waals surface area contributed by atoms with Gasteiger partial charge in [-0.3, -0.25) is 0 Å². The van der Waals surface area contributed by atoms with Gasteiger partial charge >= 0.3 is 0 Å². The molecule has 0 radical (unpaired) electrons. The Balaban J connectivity index is 3.33. The molecule has 0 unspecified atom stereocenters. The molecule has 0 bridgehead atoms. The molecular formula is C6H4BrCl2NO2S. The minimum absolute atomic E-state index is 0.0487. The summed E-state index contributed by atoms with van der Waals surface area (Å²) in [6.07, 6.45) is 0. The molecule has 1 aromatic rings. The molecule has 1 aromatic carbocycles. The highest BCUT2D eigenvalue weighted by molar-refractivity contribution is 9.10. The fraction of sp³-hybridized carbons (Fsp3) is 0. The molecule has 1 N–H and O–H groups in total. The molecule has 0 fully saturated rings. The molecule has 0 amide bonds. The van der Waals surface area contributed by atoms with Gasteiger partial charge in [0.1, 0.15) is 4.90 Å². The molecule has 0 saturated carbocycles. The Labute approximate surface area is 94.3 Å². The Morgan fingerprint density at radius 3 is 2.46 bits per heavy atom. The monoisotopic (exact) mass is 303 g/mol. The molecule has 0 heterocycles. The summed E-state index contributed by atoms with van der Waals surface area (Å²) in [4.78, 5) is -0.0487. The number of hydrogen-bond acceptors (Lipinski definition) is 2. The van der Waals surface area contributed by atoms with Gasteiger partial charge < -0.3 is 0 Å². The topological polar surface area (TPSA) is 46.2 Å². The van der Waals surface area contributed by atoms with E-state index in [9.17, 15) is 8.42 Å². The summed E-state index contributed by atoms with van der Waals surface area (Å²) in [7, 11) is -3.68. The lowest BCUT2D eigenvalue weighted by atomic mass is 10.4. The predicted octanol–water partition coefficient (Wildman–Crippen LogP) is 2.53. The van der Waals surface area contributed by atoms with Crippen LogP contribution in [0, 0.1) is 0 Å². The lowest BCUT2D eigenvalue weighted by Gasteiger charge is -2.03. The van der Waals surface area contributed by atoms with E-state index in [0.717, 1.165) is 0 Å². The quantitative estimate of drug-likeness (QED) is 0.854. The van der Waals surface area contributed by atoms with Gasteiger partial charge in [0, 0.05) is 4.47 Å². The maximum atomic E-state index is 11.2. The first-order valence-electron chi connectivity index (χ1n) is 3.05. The Morgan fingerprint density at radius 2 is 2.00 bits per heavy atom. The molecule has 0 aromatic heterocycles. The molecule has 72 valence electrons. The molecule has 0 saturated heterocycles. The number of sulfonamides is 1. The van der Waals surface area contributed by atoms with E-state index in [-0.39, 0.29) is 9.92 Å². The molecule has 0 aliphatic carbocycles. The first-order valence-corrected chi connectivity index (χ1v) is 6.08. The molecule has 13 heavy (non-hydrogen) atoms. The number of nitrogens with one attached hydrogen (secondary N) is 1. The van der Waals surface area contributed by atoms with Gasteiger partial charge in [-0.2, -0.15) is 0 Å². The maximum absolute atomic E-state index is 11.2. The summed E-state index contributed by atoms with van der Waals surface area (Å²) < 4.78 is 24.7. The third kappa shape index (κ3) is 2.57. The molecular weight excluding hydrogens is 301 g/mol. The van der Waals surface area contributed by atoms with E-state index < -0.39 is 10.0 Å². The summed E-state index contributed by atoms with van der Waals surface area (Å²) >= 11 is 13.9. The van der Waals surface area contributed by atoms with Crippen molar-refractivity contribution >= 4 is 49.3 Å². The highest BCUT2D eigenvalue weighted by atomic mass is 79.9. The SMILES string of the molecule is O=S(=O)(NCl)c1ccc(Br)cc1Cl. The molecule has 7 heteroatoms. The average molecular weight is 305 g/mol. The van der Waals surface area contributed by atoms with Gasteiger partial charge in [0.2, 0.25) is 0 Å². The van der Waals surface area contributed by atoms with E-state index >= 15 is 0 Å². The van der Waals surface area contributed by atoms with Crippen LogP contribution in [-0.2, 0) is 10.0 Å². The Bertz CT molecular complexity index is 421. The van der Waals surface area contributed by atoms with Crippen molar-refractivity contribution in [1.82, 2.24) is 4.24 Å². The van der Waals surface area contributed by atoms with Crippen molar-refractivity contribution in [3.63, 3.8) is 0 Å². The zero-order chi connectivity index (χ0) is 10.1. The standard InChI is InChI=1S/C6H4BrCl2NO2S/c7-4-1-2-6(5(8)3-4)13(11,12)10-9/h1-3,10H. The van der Waals surface area contributed by atoms with Gasteiger partial charge in [-0.15, -0.1) is 4.24 Å². The van der Waals surface area contributed by atoms with E-state index in [1.807, 2.05) is 0 Å². The third-order valence-electron chi connectivity index (χ3n) is 1.29. The Hall–Kier alpha value is 0.190. The normalized spacial score (nSPS) is 11.6. The molecule has 0 aliphatic heterocycles. The third-order valence-corrected chi connectivity index (χ3v) is 3.95. The summed E-state index contributed by atoms with van der Waals surface area (Å²) in [5, 5.41) is 0.113. The minimum atomic E-state index is -3.68. The molecule has 1 rings (SSSR count). The van der Waals surface area contributed by atoms with Crippen LogP contribution in [-0.4, -0.2) is 8.42 Å². The van der Waals surface area contributed by atoms with Crippen LogP contribution in [0.25, 0.3) is 0 Å². The lowest BCUT2D eigenvalue weighted by Crippen LogP contribution is -2.13. The van der Waals surface area contributed by atoms with Crippen LogP contribution in [0.15, 0.2) is 27.6 Å². The van der Waals surface area contributed by atoms with Crippen molar-refractivity contribution in [1.29, 1.82) is 0 Å². The smallest absolute Gasteiger partial charge is 0.206 e.